The lowest BCUT2D eigenvalue weighted by atomic mass is 9.87. The Morgan fingerprint density at radius 2 is 1.69 bits per heavy atom. The van der Waals surface area contributed by atoms with Gasteiger partial charge >= 0.3 is 0 Å². The van der Waals surface area contributed by atoms with Crippen molar-refractivity contribution in [2.75, 3.05) is 5.32 Å². The van der Waals surface area contributed by atoms with Crippen molar-refractivity contribution in [2.45, 2.75) is 50.0 Å². The Morgan fingerprint density at radius 3 is 2.27 bits per heavy atom. The van der Waals surface area contributed by atoms with Crippen LogP contribution < -0.4 is 10.0 Å². The first-order valence-corrected chi connectivity index (χ1v) is 10.2. The zero-order chi connectivity index (χ0) is 18.9. The first-order valence-electron chi connectivity index (χ1n) is 8.69. The topological polar surface area (TPSA) is 75.3 Å². The van der Waals surface area contributed by atoms with Gasteiger partial charge in [0.15, 0.2) is 0 Å². The quantitative estimate of drug-likeness (QED) is 0.841. The first kappa shape index (κ1) is 18.6. The molecule has 0 bridgehead atoms. The van der Waals surface area contributed by atoms with Gasteiger partial charge in [-0.3, -0.25) is 4.79 Å². The SMILES string of the molecule is CC(C)(C)c1ccc(C(=O)Nc2cccc(S(=O)(=O)NC3CC3)c2)cc1. The van der Waals surface area contributed by atoms with Gasteiger partial charge in [0, 0.05) is 17.3 Å². The predicted octanol–water partition coefficient (Wildman–Crippen LogP) is 3.68. The summed E-state index contributed by atoms with van der Waals surface area (Å²) in [7, 11) is -3.54. The van der Waals surface area contributed by atoms with Gasteiger partial charge in [-0.2, -0.15) is 0 Å². The number of carbonyl (C=O) groups excluding carboxylic acids is 1. The van der Waals surface area contributed by atoms with E-state index >= 15 is 0 Å². The summed E-state index contributed by atoms with van der Waals surface area (Å²) in [5.41, 5.74) is 2.15. The average Bonchev–Trinajstić information content (AvgIpc) is 3.38. The van der Waals surface area contributed by atoms with Gasteiger partial charge in [-0.15, -0.1) is 0 Å². The lowest BCUT2D eigenvalue weighted by Gasteiger charge is -2.19. The monoisotopic (exact) mass is 372 g/mol. The summed E-state index contributed by atoms with van der Waals surface area (Å²) in [6.07, 6.45) is 1.75. The van der Waals surface area contributed by atoms with Crippen molar-refractivity contribution in [3.8, 4) is 0 Å². The van der Waals surface area contributed by atoms with Crippen LogP contribution in [0.15, 0.2) is 53.4 Å². The standard InChI is InChI=1S/C20H24N2O3S/c1-20(2,3)15-9-7-14(8-10-15)19(23)21-17-5-4-6-18(13-17)26(24,25)22-16-11-12-16/h4-10,13,16,22H,11-12H2,1-3H3,(H,21,23). The molecule has 2 aromatic carbocycles. The second-order valence-corrected chi connectivity index (χ2v) is 9.42. The van der Waals surface area contributed by atoms with Crippen LogP contribution in [0, 0.1) is 0 Å². The third-order valence-electron chi connectivity index (χ3n) is 4.31. The highest BCUT2D eigenvalue weighted by molar-refractivity contribution is 7.89. The molecule has 1 fully saturated rings. The smallest absolute Gasteiger partial charge is 0.255 e. The Kier molecular flexibility index (Phi) is 4.90. The van der Waals surface area contributed by atoms with E-state index in [-0.39, 0.29) is 22.3 Å². The molecule has 3 rings (SSSR count). The Balaban J connectivity index is 1.74. The lowest BCUT2D eigenvalue weighted by molar-refractivity contribution is 0.102. The van der Waals surface area contributed by atoms with Crippen LogP contribution in [0.3, 0.4) is 0 Å². The second kappa shape index (κ2) is 6.85. The molecule has 138 valence electrons. The van der Waals surface area contributed by atoms with E-state index in [0.717, 1.165) is 18.4 Å². The summed E-state index contributed by atoms with van der Waals surface area (Å²) in [5.74, 6) is -0.268. The zero-order valence-corrected chi connectivity index (χ0v) is 16.1. The van der Waals surface area contributed by atoms with E-state index in [1.54, 1.807) is 24.3 Å². The number of hydrogen-bond acceptors (Lipinski definition) is 3. The van der Waals surface area contributed by atoms with E-state index in [4.69, 9.17) is 0 Å². The molecule has 26 heavy (non-hydrogen) atoms. The molecule has 1 aliphatic carbocycles. The van der Waals surface area contributed by atoms with E-state index in [1.807, 2.05) is 12.1 Å². The van der Waals surface area contributed by atoms with E-state index in [0.29, 0.717) is 11.3 Å². The first-order chi connectivity index (χ1) is 12.1. The molecule has 2 aromatic rings. The molecule has 0 radical (unpaired) electrons. The fraction of sp³-hybridized carbons (Fsp3) is 0.350. The highest BCUT2D eigenvalue weighted by atomic mass is 32.2. The fourth-order valence-electron chi connectivity index (χ4n) is 2.55. The predicted molar refractivity (Wildman–Crippen MR) is 103 cm³/mol. The number of nitrogens with one attached hydrogen (secondary N) is 2. The number of anilines is 1. The Hall–Kier alpha value is -2.18. The third-order valence-corrected chi connectivity index (χ3v) is 5.83. The van der Waals surface area contributed by atoms with E-state index < -0.39 is 10.0 Å². The Labute approximate surface area is 154 Å². The van der Waals surface area contributed by atoms with Crippen molar-refractivity contribution in [1.82, 2.24) is 4.72 Å². The number of hydrogen-bond donors (Lipinski definition) is 2. The molecule has 1 saturated carbocycles. The molecular formula is C20H24N2O3S. The summed E-state index contributed by atoms with van der Waals surface area (Å²) < 4.78 is 27.2. The van der Waals surface area contributed by atoms with Crippen molar-refractivity contribution >= 4 is 21.6 Å². The van der Waals surface area contributed by atoms with Crippen molar-refractivity contribution in [2.24, 2.45) is 0 Å². The maximum absolute atomic E-state index is 12.4. The van der Waals surface area contributed by atoms with Gasteiger partial charge in [-0.1, -0.05) is 39.0 Å². The summed E-state index contributed by atoms with van der Waals surface area (Å²) in [5, 5.41) is 2.77. The van der Waals surface area contributed by atoms with Gasteiger partial charge in [0.25, 0.3) is 5.91 Å². The molecule has 0 unspecified atom stereocenters. The van der Waals surface area contributed by atoms with E-state index in [1.165, 1.54) is 12.1 Å². The molecule has 0 heterocycles. The van der Waals surface area contributed by atoms with Gasteiger partial charge < -0.3 is 5.32 Å². The maximum Gasteiger partial charge on any atom is 0.255 e. The normalized spacial score (nSPS) is 14.9. The molecule has 1 aliphatic rings. The summed E-state index contributed by atoms with van der Waals surface area (Å²) in [6, 6.07) is 13.8. The fourth-order valence-corrected chi connectivity index (χ4v) is 3.90. The molecule has 1 amide bonds. The Morgan fingerprint density at radius 1 is 1.04 bits per heavy atom. The summed E-state index contributed by atoms with van der Waals surface area (Å²) in [6.45, 7) is 6.34. The highest BCUT2D eigenvalue weighted by Crippen LogP contribution is 2.24. The molecule has 0 spiro atoms. The van der Waals surface area contributed by atoms with Gasteiger partial charge in [-0.05, 0) is 54.2 Å². The number of carbonyl (C=O) groups is 1. The van der Waals surface area contributed by atoms with Crippen LogP contribution in [0.1, 0.15) is 49.5 Å². The molecular weight excluding hydrogens is 348 g/mol. The molecule has 2 N–H and O–H groups in total. The minimum atomic E-state index is -3.54. The van der Waals surface area contributed by atoms with Crippen molar-refractivity contribution in [3.05, 3.63) is 59.7 Å². The van der Waals surface area contributed by atoms with Crippen LogP contribution >= 0.6 is 0 Å². The second-order valence-electron chi connectivity index (χ2n) is 7.70. The van der Waals surface area contributed by atoms with Crippen molar-refractivity contribution in [3.63, 3.8) is 0 Å². The number of rotatable bonds is 5. The highest BCUT2D eigenvalue weighted by Gasteiger charge is 2.28. The van der Waals surface area contributed by atoms with Crippen LogP contribution in [0.4, 0.5) is 5.69 Å². The molecule has 5 nitrogen and oxygen atoms in total. The van der Waals surface area contributed by atoms with Gasteiger partial charge in [0.05, 0.1) is 4.90 Å². The summed E-state index contributed by atoms with van der Waals surface area (Å²) >= 11 is 0. The molecule has 0 saturated heterocycles. The minimum absolute atomic E-state index is 0.0201. The third kappa shape index (κ3) is 4.51. The minimum Gasteiger partial charge on any atom is -0.322 e. The molecule has 0 aliphatic heterocycles. The van der Waals surface area contributed by atoms with E-state index in [9.17, 15) is 13.2 Å². The maximum atomic E-state index is 12.4. The van der Waals surface area contributed by atoms with Crippen molar-refractivity contribution in [1.29, 1.82) is 0 Å². The van der Waals surface area contributed by atoms with Crippen molar-refractivity contribution < 1.29 is 13.2 Å². The van der Waals surface area contributed by atoms with Crippen LogP contribution in [-0.2, 0) is 15.4 Å². The van der Waals surface area contributed by atoms with Gasteiger partial charge in [-0.25, -0.2) is 13.1 Å². The van der Waals surface area contributed by atoms with E-state index in [2.05, 4.69) is 30.8 Å². The molecule has 0 atom stereocenters. The zero-order valence-electron chi connectivity index (χ0n) is 15.2. The Bertz CT molecular complexity index is 909. The van der Waals surface area contributed by atoms with Gasteiger partial charge in [0.1, 0.15) is 0 Å². The lowest BCUT2D eigenvalue weighted by Crippen LogP contribution is -2.25. The van der Waals surface area contributed by atoms with Crippen LogP contribution in [0.5, 0.6) is 0 Å². The summed E-state index contributed by atoms with van der Waals surface area (Å²) in [4.78, 5) is 12.6. The number of amides is 1. The molecule has 6 heteroatoms. The molecule has 0 aromatic heterocycles. The van der Waals surface area contributed by atoms with Crippen LogP contribution in [-0.4, -0.2) is 20.4 Å². The number of sulfonamides is 1. The van der Waals surface area contributed by atoms with Gasteiger partial charge in [0.2, 0.25) is 10.0 Å². The van der Waals surface area contributed by atoms with Crippen LogP contribution in [0.25, 0.3) is 0 Å². The largest absolute Gasteiger partial charge is 0.322 e. The average molecular weight is 372 g/mol. The number of benzene rings is 2. The van der Waals surface area contributed by atoms with Crippen LogP contribution in [0.2, 0.25) is 0 Å².